The van der Waals surface area contributed by atoms with Crippen LogP contribution in [0.25, 0.3) is 22.5 Å². The topological polar surface area (TPSA) is 92.5 Å². The van der Waals surface area contributed by atoms with E-state index in [1.165, 1.54) is 24.0 Å². The number of benzene rings is 2. The quantitative estimate of drug-likeness (QED) is 0.291. The molecule has 4 aromatic rings. The summed E-state index contributed by atoms with van der Waals surface area (Å²) in [6, 6.07) is 20.1. The van der Waals surface area contributed by atoms with Gasteiger partial charge in [0.1, 0.15) is 22.6 Å². The van der Waals surface area contributed by atoms with Crippen molar-refractivity contribution < 1.29 is 19.3 Å². The zero-order chi connectivity index (χ0) is 26.6. The highest BCUT2D eigenvalue weighted by Gasteiger charge is 2.36. The van der Waals surface area contributed by atoms with E-state index in [9.17, 15) is 10.2 Å². The molecular formula is C32H38N2O4. The first kappa shape index (κ1) is 26.4. The average molecular weight is 515 g/mol. The van der Waals surface area contributed by atoms with E-state index in [-0.39, 0.29) is 0 Å². The standard InChI is InChI=1S/2C16H19NO2/c2*1-12-5-7-13(8-6-12)14-11-15(19-17-14)16(18)9-3-2-4-10-16/h2*5-8,11,18H,2-4,9-10H2,1H3. The molecule has 0 unspecified atom stereocenters. The number of hydrogen-bond donors (Lipinski definition) is 2. The van der Waals surface area contributed by atoms with Gasteiger partial charge in [0.05, 0.1) is 0 Å². The van der Waals surface area contributed by atoms with Crippen LogP contribution in [0.5, 0.6) is 0 Å². The van der Waals surface area contributed by atoms with Crippen LogP contribution in [0, 0.1) is 13.8 Å². The largest absolute Gasteiger partial charge is 0.382 e. The molecule has 2 aromatic carbocycles. The zero-order valence-corrected chi connectivity index (χ0v) is 22.4. The second-order valence-electron chi connectivity index (χ2n) is 11.1. The third kappa shape index (κ3) is 5.92. The number of rotatable bonds is 4. The lowest BCUT2D eigenvalue weighted by atomic mass is 9.83. The molecule has 38 heavy (non-hydrogen) atoms. The summed E-state index contributed by atoms with van der Waals surface area (Å²) in [5.41, 5.74) is 4.47. The van der Waals surface area contributed by atoms with E-state index < -0.39 is 11.2 Å². The fraction of sp³-hybridized carbons (Fsp3) is 0.438. The Hall–Kier alpha value is -3.22. The van der Waals surface area contributed by atoms with Crippen LogP contribution in [0.2, 0.25) is 0 Å². The Kier molecular flexibility index (Phi) is 7.82. The average Bonchev–Trinajstić information content (AvgIpc) is 3.63. The van der Waals surface area contributed by atoms with Crippen molar-refractivity contribution in [2.24, 2.45) is 0 Å². The van der Waals surface area contributed by atoms with Gasteiger partial charge in [0.15, 0.2) is 11.5 Å². The van der Waals surface area contributed by atoms with Crippen molar-refractivity contribution in [3.8, 4) is 22.5 Å². The summed E-state index contributed by atoms with van der Waals surface area (Å²) in [7, 11) is 0. The van der Waals surface area contributed by atoms with Gasteiger partial charge in [0.2, 0.25) is 0 Å². The summed E-state index contributed by atoms with van der Waals surface area (Å²) < 4.78 is 10.8. The van der Waals surface area contributed by atoms with Gasteiger partial charge in [0.25, 0.3) is 0 Å². The third-order valence-electron chi connectivity index (χ3n) is 7.99. The van der Waals surface area contributed by atoms with Crippen LogP contribution in [0.15, 0.2) is 69.7 Å². The Morgan fingerprint density at radius 1 is 0.553 bits per heavy atom. The fourth-order valence-corrected chi connectivity index (χ4v) is 5.48. The molecule has 6 heteroatoms. The summed E-state index contributed by atoms with van der Waals surface area (Å²) in [5.74, 6) is 1.23. The Morgan fingerprint density at radius 3 is 1.24 bits per heavy atom. The Balaban J connectivity index is 0.000000155. The number of hydrogen-bond acceptors (Lipinski definition) is 6. The van der Waals surface area contributed by atoms with Crippen LogP contribution >= 0.6 is 0 Å². The predicted molar refractivity (Wildman–Crippen MR) is 147 cm³/mol. The summed E-state index contributed by atoms with van der Waals surface area (Å²) in [4.78, 5) is 0. The monoisotopic (exact) mass is 514 g/mol. The lowest BCUT2D eigenvalue weighted by molar-refractivity contribution is -0.0243. The highest BCUT2D eigenvalue weighted by atomic mass is 16.5. The van der Waals surface area contributed by atoms with E-state index in [1.54, 1.807) is 0 Å². The van der Waals surface area contributed by atoms with E-state index in [0.29, 0.717) is 11.5 Å². The van der Waals surface area contributed by atoms with Crippen LogP contribution in [0.1, 0.15) is 86.9 Å². The second kappa shape index (κ2) is 11.3. The molecule has 0 saturated heterocycles. The number of aliphatic hydroxyl groups is 2. The smallest absolute Gasteiger partial charge is 0.168 e. The minimum Gasteiger partial charge on any atom is -0.382 e. The predicted octanol–water partition coefficient (Wildman–Crippen LogP) is 7.60. The van der Waals surface area contributed by atoms with Gasteiger partial charge in [-0.15, -0.1) is 0 Å². The maximum Gasteiger partial charge on any atom is 0.168 e. The Labute approximate surface area is 224 Å². The van der Waals surface area contributed by atoms with Crippen molar-refractivity contribution in [3.05, 3.63) is 83.3 Å². The molecule has 2 heterocycles. The molecule has 2 aliphatic carbocycles. The first-order valence-corrected chi connectivity index (χ1v) is 13.9. The molecule has 2 saturated carbocycles. The number of aromatic nitrogens is 2. The summed E-state index contributed by atoms with van der Waals surface area (Å²) in [6.45, 7) is 4.12. The van der Waals surface area contributed by atoms with Gasteiger partial charge in [-0.3, -0.25) is 0 Å². The first-order valence-electron chi connectivity index (χ1n) is 13.9. The summed E-state index contributed by atoms with van der Waals surface area (Å²) >= 11 is 0. The highest BCUT2D eigenvalue weighted by molar-refractivity contribution is 5.60. The van der Waals surface area contributed by atoms with Crippen LogP contribution in [0.3, 0.4) is 0 Å². The maximum atomic E-state index is 10.6. The van der Waals surface area contributed by atoms with Crippen molar-refractivity contribution in [3.63, 3.8) is 0 Å². The van der Waals surface area contributed by atoms with E-state index in [2.05, 4.69) is 48.4 Å². The molecule has 0 aliphatic heterocycles. The van der Waals surface area contributed by atoms with E-state index in [0.717, 1.165) is 73.9 Å². The van der Waals surface area contributed by atoms with Gasteiger partial charge in [-0.05, 0) is 39.5 Å². The van der Waals surface area contributed by atoms with E-state index in [1.807, 2.05) is 36.4 Å². The van der Waals surface area contributed by atoms with Crippen molar-refractivity contribution in [1.82, 2.24) is 10.3 Å². The van der Waals surface area contributed by atoms with Crippen molar-refractivity contribution >= 4 is 0 Å². The maximum absolute atomic E-state index is 10.6. The minimum atomic E-state index is -0.811. The molecule has 6 nitrogen and oxygen atoms in total. The molecule has 0 spiro atoms. The number of aryl methyl sites for hydroxylation is 2. The molecule has 2 aromatic heterocycles. The van der Waals surface area contributed by atoms with Crippen LogP contribution in [0.4, 0.5) is 0 Å². The van der Waals surface area contributed by atoms with E-state index >= 15 is 0 Å². The van der Waals surface area contributed by atoms with Gasteiger partial charge < -0.3 is 19.3 Å². The lowest BCUT2D eigenvalue weighted by Gasteiger charge is -2.29. The highest BCUT2D eigenvalue weighted by Crippen LogP contribution is 2.39. The molecular weight excluding hydrogens is 476 g/mol. The normalized spacial score (nSPS) is 18.4. The van der Waals surface area contributed by atoms with Crippen molar-refractivity contribution in [1.29, 1.82) is 0 Å². The van der Waals surface area contributed by atoms with Gasteiger partial charge in [-0.2, -0.15) is 0 Å². The molecule has 2 fully saturated rings. The molecule has 6 rings (SSSR count). The second-order valence-corrected chi connectivity index (χ2v) is 11.1. The van der Waals surface area contributed by atoms with Gasteiger partial charge >= 0.3 is 0 Å². The van der Waals surface area contributed by atoms with Crippen molar-refractivity contribution in [2.45, 2.75) is 89.3 Å². The van der Waals surface area contributed by atoms with Gasteiger partial charge in [-0.25, -0.2) is 0 Å². The molecule has 0 bridgehead atoms. The molecule has 200 valence electrons. The zero-order valence-electron chi connectivity index (χ0n) is 22.4. The summed E-state index contributed by atoms with van der Waals surface area (Å²) in [5, 5.41) is 29.4. The third-order valence-corrected chi connectivity index (χ3v) is 7.99. The lowest BCUT2D eigenvalue weighted by Crippen LogP contribution is -2.27. The Morgan fingerprint density at radius 2 is 0.895 bits per heavy atom. The van der Waals surface area contributed by atoms with E-state index in [4.69, 9.17) is 9.05 Å². The molecule has 2 aliphatic rings. The fourth-order valence-electron chi connectivity index (χ4n) is 5.48. The van der Waals surface area contributed by atoms with Crippen LogP contribution in [-0.2, 0) is 11.2 Å². The summed E-state index contributed by atoms with van der Waals surface area (Å²) in [6.07, 6.45) is 9.70. The molecule has 0 amide bonds. The molecule has 2 N–H and O–H groups in total. The van der Waals surface area contributed by atoms with Crippen LogP contribution in [-0.4, -0.2) is 20.5 Å². The van der Waals surface area contributed by atoms with Crippen molar-refractivity contribution in [2.75, 3.05) is 0 Å². The molecule has 0 radical (unpaired) electrons. The van der Waals surface area contributed by atoms with Gasteiger partial charge in [-0.1, -0.05) is 108 Å². The first-order chi connectivity index (χ1) is 18.3. The minimum absolute atomic E-state index is 0.614. The Bertz CT molecular complexity index is 1200. The number of nitrogens with zero attached hydrogens (tertiary/aromatic N) is 2. The SMILES string of the molecule is Cc1ccc(-c2cc(C3(O)CCCCC3)on2)cc1.Cc1ccc(-c2cc(C3(O)CCCCC3)on2)cc1. The van der Waals surface area contributed by atoms with Gasteiger partial charge in [0, 0.05) is 23.3 Å². The molecule has 0 atom stereocenters. The van der Waals surface area contributed by atoms with Crippen LogP contribution < -0.4 is 0 Å².